The highest BCUT2D eigenvalue weighted by molar-refractivity contribution is 6.31. The Labute approximate surface area is 159 Å². The van der Waals surface area contributed by atoms with Gasteiger partial charge in [0.25, 0.3) is 5.56 Å². The Kier molecular flexibility index (Phi) is 4.65. The largest absolute Gasteiger partial charge is 0.465 e. The molecule has 0 unspecified atom stereocenters. The van der Waals surface area contributed by atoms with Crippen LogP contribution in [0.25, 0.3) is 10.9 Å². The number of ether oxygens (including phenoxy) is 1. The predicted molar refractivity (Wildman–Crippen MR) is 98.7 cm³/mol. The minimum absolute atomic E-state index is 0.0171. The molecule has 3 aromatic rings. The van der Waals surface area contributed by atoms with Gasteiger partial charge < -0.3 is 4.74 Å². The topological polar surface area (TPSA) is 91.9 Å². The number of halogens is 1. The van der Waals surface area contributed by atoms with E-state index in [4.69, 9.17) is 21.3 Å². The number of aromatic nitrogens is 5. The summed E-state index contributed by atoms with van der Waals surface area (Å²) in [6, 6.07) is 5.14. The van der Waals surface area contributed by atoms with Crippen molar-refractivity contribution in [2.24, 2.45) is 0 Å². The fourth-order valence-electron chi connectivity index (χ4n) is 3.01. The quantitative estimate of drug-likeness (QED) is 0.601. The van der Waals surface area contributed by atoms with Crippen LogP contribution >= 0.6 is 11.6 Å². The molecule has 0 radical (unpaired) electrons. The number of carbonyl (C=O) groups is 1. The molecule has 0 amide bonds. The lowest BCUT2D eigenvalue weighted by Crippen LogP contribution is -2.26. The minimum Gasteiger partial charge on any atom is -0.465 e. The average Bonchev–Trinajstić information content (AvgIpc) is 3.39. The summed E-state index contributed by atoms with van der Waals surface area (Å²) >= 11 is 6.05. The van der Waals surface area contributed by atoms with E-state index in [2.05, 4.69) is 10.3 Å². The Morgan fingerprint density at radius 2 is 2.19 bits per heavy atom. The summed E-state index contributed by atoms with van der Waals surface area (Å²) in [5, 5.41) is 8.99. The standard InChI is InChI=1S/C18H18ClN5O3/c1-2-27-16(25)10-23-8-13(21-22-23)9-24-17(11-3-4-11)20-15-6-5-12(19)7-14(15)18(24)26/h5-8,11H,2-4,9-10H2,1H3. The van der Waals surface area contributed by atoms with Crippen molar-refractivity contribution in [1.82, 2.24) is 24.5 Å². The lowest BCUT2D eigenvalue weighted by atomic mass is 10.2. The normalized spacial score (nSPS) is 13.9. The first-order chi connectivity index (χ1) is 13.0. The molecule has 8 nitrogen and oxygen atoms in total. The van der Waals surface area contributed by atoms with Crippen molar-refractivity contribution in [3.8, 4) is 0 Å². The van der Waals surface area contributed by atoms with Gasteiger partial charge in [-0.25, -0.2) is 9.67 Å². The van der Waals surface area contributed by atoms with E-state index in [9.17, 15) is 9.59 Å². The third-order valence-electron chi connectivity index (χ3n) is 4.39. The number of benzene rings is 1. The van der Waals surface area contributed by atoms with E-state index >= 15 is 0 Å². The van der Waals surface area contributed by atoms with Crippen LogP contribution in [0.1, 0.15) is 37.2 Å². The van der Waals surface area contributed by atoms with Crippen molar-refractivity contribution in [2.45, 2.75) is 38.8 Å². The van der Waals surface area contributed by atoms with E-state index in [1.165, 1.54) is 4.68 Å². The predicted octanol–water partition coefficient (Wildman–Crippen LogP) is 2.13. The molecule has 1 saturated carbocycles. The summed E-state index contributed by atoms with van der Waals surface area (Å²) in [6.07, 6.45) is 3.67. The molecule has 27 heavy (non-hydrogen) atoms. The van der Waals surface area contributed by atoms with Crippen molar-refractivity contribution in [3.63, 3.8) is 0 Å². The van der Waals surface area contributed by atoms with Crippen molar-refractivity contribution in [3.05, 3.63) is 51.3 Å². The third-order valence-corrected chi connectivity index (χ3v) is 4.63. The summed E-state index contributed by atoms with van der Waals surface area (Å²) in [5.41, 5.74) is 1.07. The molecule has 0 aliphatic heterocycles. The molecule has 4 rings (SSSR count). The highest BCUT2D eigenvalue weighted by Gasteiger charge is 2.29. The van der Waals surface area contributed by atoms with Gasteiger partial charge in [-0.3, -0.25) is 14.2 Å². The Morgan fingerprint density at radius 3 is 2.93 bits per heavy atom. The van der Waals surface area contributed by atoms with Crippen LogP contribution in [0.5, 0.6) is 0 Å². The van der Waals surface area contributed by atoms with Crippen LogP contribution < -0.4 is 5.56 Å². The zero-order valence-electron chi connectivity index (χ0n) is 14.8. The maximum Gasteiger partial charge on any atom is 0.327 e. The number of esters is 1. The molecule has 0 bridgehead atoms. The molecule has 0 N–H and O–H groups in total. The first kappa shape index (κ1) is 17.7. The van der Waals surface area contributed by atoms with Gasteiger partial charge in [0.05, 0.1) is 30.3 Å². The van der Waals surface area contributed by atoms with Gasteiger partial charge in [-0.1, -0.05) is 16.8 Å². The molecule has 1 fully saturated rings. The number of hydrogen-bond donors (Lipinski definition) is 0. The maximum absolute atomic E-state index is 13.0. The van der Waals surface area contributed by atoms with Crippen molar-refractivity contribution in [2.75, 3.05) is 6.61 Å². The average molecular weight is 388 g/mol. The third kappa shape index (κ3) is 3.71. The Hall–Kier alpha value is -2.74. The van der Waals surface area contributed by atoms with Crippen LogP contribution in [0.4, 0.5) is 0 Å². The number of fused-ring (bicyclic) bond motifs is 1. The molecule has 0 saturated heterocycles. The number of nitrogens with zero attached hydrogens (tertiary/aromatic N) is 5. The van der Waals surface area contributed by atoms with E-state index in [1.807, 2.05) is 0 Å². The van der Waals surface area contributed by atoms with Crippen molar-refractivity contribution >= 4 is 28.5 Å². The smallest absolute Gasteiger partial charge is 0.327 e. The van der Waals surface area contributed by atoms with Gasteiger partial charge in [0.15, 0.2) is 0 Å². The SMILES string of the molecule is CCOC(=O)Cn1cc(Cn2c(C3CC3)nc3ccc(Cl)cc3c2=O)nn1. The summed E-state index contributed by atoms with van der Waals surface area (Å²) in [6.45, 7) is 2.28. The van der Waals surface area contributed by atoms with Crippen molar-refractivity contribution in [1.29, 1.82) is 0 Å². The van der Waals surface area contributed by atoms with Crippen LogP contribution in [-0.4, -0.2) is 37.1 Å². The molecule has 140 valence electrons. The fraction of sp³-hybridized carbons (Fsp3) is 0.389. The monoisotopic (exact) mass is 387 g/mol. The molecule has 1 aromatic carbocycles. The molecule has 2 heterocycles. The number of hydrogen-bond acceptors (Lipinski definition) is 6. The van der Waals surface area contributed by atoms with E-state index < -0.39 is 0 Å². The van der Waals surface area contributed by atoms with E-state index in [1.54, 1.807) is 35.9 Å². The van der Waals surface area contributed by atoms with Crippen LogP contribution in [0, 0.1) is 0 Å². The fourth-order valence-corrected chi connectivity index (χ4v) is 3.18. The van der Waals surface area contributed by atoms with Gasteiger partial charge in [0, 0.05) is 10.9 Å². The lowest BCUT2D eigenvalue weighted by Gasteiger charge is -2.12. The highest BCUT2D eigenvalue weighted by atomic mass is 35.5. The van der Waals surface area contributed by atoms with E-state index in [0.29, 0.717) is 28.2 Å². The Morgan fingerprint density at radius 1 is 1.37 bits per heavy atom. The lowest BCUT2D eigenvalue weighted by molar-refractivity contribution is -0.144. The van der Waals surface area contributed by atoms with Crippen LogP contribution in [0.15, 0.2) is 29.2 Å². The van der Waals surface area contributed by atoms with Gasteiger partial charge in [-0.05, 0) is 38.0 Å². The maximum atomic E-state index is 13.0. The van der Waals surface area contributed by atoms with Gasteiger partial charge in [0.1, 0.15) is 18.1 Å². The first-order valence-electron chi connectivity index (χ1n) is 8.79. The second-order valence-corrected chi connectivity index (χ2v) is 6.95. The first-order valence-corrected chi connectivity index (χ1v) is 9.17. The second-order valence-electron chi connectivity index (χ2n) is 6.51. The summed E-state index contributed by atoms with van der Waals surface area (Å²) in [4.78, 5) is 29.3. The summed E-state index contributed by atoms with van der Waals surface area (Å²) in [5.74, 6) is 0.661. The van der Waals surface area contributed by atoms with E-state index in [-0.39, 0.29) is 30.5 Å². The molecular weight excluding hydrogens is 370 g/mol. The Bertz CT molecular complexity index is 1070. The van der Waals surface area contributed by atoms with Crippen molar-refractivity contribution < 1.29 is 9.53 Å². The van der Waals surface area contributed by atoms with Gasteiger partial charge in [-0.2, -0.15) is 0 Å². The summed E-state index contributed by atoms with van der Waals surface area (Å²) < 4.78 is 7.94. The molecule has 9 heteroatoms. The van der Waals surface area contributed by atoms with Gasteiger partial charge in [0.2, 0.25) is 0 Å². The zero-order valence-corrected chi connectivity index (χ0v) is 15.5. The Balaban J connectivity index is 1.68. The van der Waals surface area contributed by atoms with E-state index in [0.717, 1.165) is 18.7 Å². The summed E-state index contributed by atoms with van der Waals surface area (Å²) in [7, 11) is 0. The zero-order chi connectivity index (χ0) is 19.0. The molecule has 2 aromatic heterocycles. The molecular formula is C18H18ClN5O3. The van der Waals surface area contributed by atoms with Crippen LogP contribution in [-0.2, 0) is 22.6 Å². The number of carbonyl (C=O) groups excluding carboxylic acids is 1. The highest BCUT2D eigenvalue weighted by Crippen LogP contribution is 2.39. The van der Waals surface area contributed by atoms with Gasteiger partial charge >= 0.3 is 5.97 Å². The second kappa shape index (κ2) is 7.11. The van der Waals surface area contributed by atoms with Crippen LogP contribution in [0.3, 0.4) is 0 Å². The van der Waals surface area contributed by atoms with Crippen LogP contribution in [0.2, 0.25) is 5.02 Å². The minimum atomic E-state index is -0.383. The molecule has 0 spiro atoms. The molecule has 0 atom stereocenters. The molecule has 1 aliphatic carbocycles. The van der Waals surface area contributed by atoms with Gasteiger partial charge in [-0.15, -0.1) is 5.10 Å². The molecule has 1 aliphatic rings. The number of rotatable bonds is 6.